The monoisotopic (exact) mass is 355 g/mol. The SMILES string of the molecule is O=C1NCCc2ccc(-n3ccnc3-c3ccc(OC(F)F)cc3)cc21. The predicted octanol–water partition coefficient (Wildman–Crippen LogP) is 3.43. The van der Waals surface area contributed by atoms with Gasteiger partial charge in [-0.25, -0.2) is 4.98 Å². The van der Waals surface area contributed by atoms with Gasteiger partial charge in [0, 0.05) is 35.8 Å². The summed E-state index contributed by atoms with van der Waals surface area (Å²) in [5, 5.41) is 2.84. The molecular weight excluding hydrogens is 340 g/mol. The Morgan fingerprint density at radius 1 is 1.15 bits per heavy atom. The van der Waals surface area contributed by atoms with Crippen LogP contribution >= 0.6 is 0 Å². The van der Waals surface area contributed by atoms with Gasteiger partial charge < -0.3 is 10.1 Å². The van der Waals surface area contributed by atoms with E-state index in [0.717, 1.165) is 23.2 Å². The Morgan fingerprint density at radius 3 is 2.73 bits per heavy atom. The lowest BCUT2D eigenvalue weighted by molar-refractivity contribution is -0.0498. The number of benzene rings is 2. The first-order valence-corrected chi connectivity index (χ1v) is 8.12. The number of hydrogen-bond acceptors (Lipinski definition) is 3. The highest BCUT2D eigenvalue weighted by Crippen LogP contribution is 2.26. The molecule has 132 valence electrons. The van der Waals surface area contributed by atoms with Gasteiger partial charge in [0.25, 0.3) is 5.91 Å². The summed E-state index contributed by atoms with van der Waals surface area (Å²) in [5.41, 5.74) is 3.24. The topological polar surface area (TPSA) is 56.2 Å². The maximum Gasteiger partial charge on any atom is 0.387 e. The molecular formula is C19H15F2N3O2. The van der Waals surface area contributed by atoms with Gasteiger partial charge in [-0.15, -0.1) is 0 Å². The first-order valence-electron chi connectivity index (χ1n) is 8.12. The van der Waals surface area contributed by atoms with Crippen LogP contribution < -0.4 is 10.1 Å². The van der Waals surface area contributed by atoms with Gasteiger partial charge in [0.2, 0.25) is 0 Å². The van der Waals surface area contributed by atoms with Gasteiger partial charge in [0.1, 0.15) is 11.6 Å². The highest BCUT2D eigenvalue weighted by atomic mass is 19.3. The van der Waals surface area contributed by atoms with Crippen LogP contribution in [0, 0.1) is 0 Å². The molecule has 5 nitrogen and oxygen atoms in total. The molecule has 1 aliphatic rings. The second kappa shape index (κ2) is 6.59. The molecule has 0 unspecified atom stereocenters. The number of alkyl halides is 2. The summed E-state index contributed by atoms with van der Waals surface area (Å²) in [6.45, 7) is -2.21. The van der Waals surface area contributed by atoms with Crippen LogP contribution in [0.5, 0.6) is 5.75 Å². The fourth-order valence-electron chi connectivity index (χ4n) is 3.06. The van der Waals surface area contributed by atoms with Gasteiger partial charge in [-0.05, 0) is 48.4 Å². The zero-order chi connectivity index (χ0) is 18.1. The third kappa shape index (κ3) is 3.03. The van der Waals surface area contributed by atoms with E-state index in [1.165, 1.54) is 12.1 Å². The molecule has 0 atom stereocenters. The number of carbonyl (C=O) groups excluding carboxylic acids is 1. The minimum absolute atomic E-state index is 0.0803. The Balaban J connectivity index is 1.69. The maximum atomic E-state index is 12.3. The highest BCUT2D eigenvalue weighted by Gasteiger charge is 2.18. The Hall–Kier alpha value is -3.22. The van der Waals surface area contributed by atoms with Crippen LogP contribution in [0.2, 0.25) is 0 Å². The van der Waals surface area contributed by atoms with Gasteiger partial charge in [-0.1, -0.05) is 6.07 Å². The molecule has 0 bridgehead atoms. The molecule has 3 aromatic rings. The normalized spacial score (nSPS) is 13.4. The largest absolute Gasteiger partial charge is 0.435 e. The Bertz CT molecular complexity index is 952. The Kier molecular flexibility index (Phi) is 4.12. The lowest BCUT2D eigenvalue weighted by Gasteiger charge is -2.18. The molecule has 0 fully saturated rings. The molecule has 1 aliphatic heterocycles. The molecule has 1 aromatic heterocycles. The number of halogens is 2. The number of imidazole rings is 1. The van der Waals surface area contributed by atoms with E-state index in [-0.39, 0.29) is 11.7 Å². The van der Waals surface area contributed by atoms with E-state index in [9.17, 15) is 13.6 Å². The number of amides is 1. The zero-order valence-corrected chi connectivity index (χ0v) is 13.7. The van der Waals surface area contributed by atoms with Crippen LogP contribution in [-0.4, -0.2) is 28.6 Å². The van der Waals surface area contributed by atoms with Crippen LogP contribution in [0.4, 0.5) is 8.78 Å². The van der Waals surface area contributed by atoms with Gasteiger partial charge in [-0.2, -0.15) is 8.78 Å². The summed E-state index contributed by atoms with van der Waals surface area (Å²) in [5.74, 6) is 0.653. The highest BCUT2D eigenvalue weighted by molar-refractivity contribution is 5.97. The molecule has 2 aromatic carbocycles. The quantitative estimate of drug-likeness (QED) is 0.780. The average molecular weight is 355 g/mol. The van der Waals surface area contributed by atoms with E-state index in [1.807, 2.05) is 22.8 Å². The summed E-state index contributed by atoms with van der Waals surface area (Å²) in [7, 11) is 0. The van der Waals surface area contributed by atoms with Gasteiger partial charge in [0.15, 0.2) is 0 Å². The van der Waals surface area contributed by atoms with Gasteiger partial charge >= 0.3 is 6.61 Å². The van der Waals surface area contributed by atoms with Crippen molar-refractivity contribution in [2.45, 2.75) is 13.0 Å². The minimum Gasteiger partial charge on any atom is -0.435 e. The van der Waals surface area contributed by atoms with Crippen molar-refractivity contribution in [2.75, 3.05) is 6.54 Å². The number of carbonyl (C=O) groups is 1. The average Bonchev–Trinajstić information content (AvgIpc) is 3.12. The number of hydrogen-bond donors (Lipinski definition) is 1. The molecule has 0 aliphatic carbocycles. The van der Waals surface area contributed by atoms with Gasteiger partial charge in [-0.3, -0.25) is 9.36 Å². The van der Waals surface area contributed by atoms with E-state index in [0.29, 0.717) is 17.9 Å². The van der Waals surface area contributed by atoms with Crippen molar-refractivity contribution in [1.29, 1.82) is 0 Å². The first-order chi connectivity index (χ1) is 12.6. The number of fused-ring (bicyclic) bond motifs is 1. The fourth-order valence-corrected chi connectivity index (χ4v) is 3.06. The van der Waals surface area contributed by atoms with Gasteiger partial charge in [0.05, 0.1) is 0 Å². The molecule has 1 N–H and O–H groups in total. The van der Waals surface area contributed by atoms with Crippen molar-refractivity contribution in [3.63, 3.8) is 0 Å². The third-order valence-corrected chi connectivity index (χ3v) is 4.27. The molecule has 26 heavy (non-hydrogen) atoms. The zero-order valence-electron chi connectivity index (χ0n) is 13.7. The standard InChI is InChI=1S/C19H15F2N3O2/c20-19(21)26-15-5-2-13(3-6-15)17-22-9-10-24(17)14-4-1-12-7-8-23-18(25)16(12)11-14/h1-6,9-11,19H,7-8H2,(H,23,25). The van der Waals surface area contributed by atoms with Crippen LogP contribution in [0.15, 0.2) is 54.9 Å². The molecule has 0 saturated heterocycles. The molecule has 7 heteroatoms. The minimum atomic E-state index is -2.86. The van der Waals surface area contributed by atoms with Crippen molar-refractivity contribution in [2.24, 2.45) is 0 Å². The van der Waals surface area contributed by atoms with Crippen LogP contribution in [0.3, 0.4) is 0 Å². The van der Waals surface area contributed by atoms with E-state index in [1.54, 1.807) is 24.5 Å². The second-order valence-electron chi connectivity index (χ2n) is 5.87. The van der Waals surface area contributed by atoms with Crippen LogP contribution in [-0.2, 0) is 6.42 Å². The number of rotatable bonds is 4. The van der Waals surface area contributed by atoms with E-state index < -0.39 is 6.61 Å². The summed E-state index contributed by atoms with van der Waals surface area (Å²) in [4.78, 5) is 16.4. The van der Waals surface area contributed by atoms with Crippen molar-refractivity contribution in [3.05, 3.63) is 66.0 Å². The molecule has 2 heterocycles. The molecule has 1 amide bonds. The Labute approximate surface area is 148 Å². The fraction of sp³-hybridized carbons (Fsp3) is 0.158. The van der Waals surface area contributed by atoms with Crippen molar-refractivity contribution >= 4 is 5.91 Å². The third-order valence-electron chi connectivity index (χ3n) is 4.27. The summed E-state index contributed by atoms with van der Waals surface area (Å²) in [6, 6.07) is 12.0. The number of nitrogens with zero attached hydrogens (tertiary/aromatic N) is 2. The molecule has 0 radical (unpaired) electrons. The summed E-state index contributed by atoms with van der Waals surface area (Å²) >= 11 is 0. The van der Waals surface area contributed by atoms with Crippen molar-refractivity contribution in [1.82, 2.24) is 14.9 Å². The van der Waals surface area contributed by atoms with Crippen molar-refractivity contribution in [3.8, 4) is 22.8 Å². The molecule has 4 rings (SSSR count). The van der Waals surface area contributed by atoms with E-state index >= 15 is 0 Å². The summed E-state index contributed by atoms with van der Waals surface area (Å²) < 4.78 is 30.8. The first kappa shape index (κ1) is 16.3. The predicted molar refractivity (Wildman–Crippen MR) is 91.7 cm³/mol. The Morgan fingerprint density at radius 2 is 1.96 bits per heavy atom. The van der Waals surface area contributed by atoms with Crippen molar-refractivity contribution < 1.29 is 18.3 Å². The second-order valence-corrected chi connectivity index (χ2v) is 5.87. The van der Waals surface area contributed by atoms with Crippen LogP contribution in [0.1, 0.15) is 15.9 Å². The smallest absolute Gasteiger partial charge is 0.387 e. The van der Waals surface area contributed by atoms with E-state index in [4.69, 9.17) is 0 Å². The lowest BCUT2D eigenvalue weighted by atomic mass is 9.99. The van der Waals surface area contributed by atoms with E-state index in [2.05, 4.69) is 15.0 Å². The molecule has 0 saturated carbocycles. The lowest BCUT2D eigenvalue weighted by Crippen LogP contribution is -2.31. The summed E-state index contributed by atoms with van der Waals surface area (Å²) in [6.07, 6.45) is 4.25. The number of ether oxygens (including phenoxy) is 1. The number of nitrogens with one attached hydrogen (secondary N) is 1. The number of aromatic nitrogens is 2. The maximum absolute atomic E-state index is 12.3. The molecule has 0 spiro atoms. The van der Waals surface area contributed by atoms with Crippen LogP contribution in [0.25, 0.3) is 17.1 Å².